The zero-order chi connectivity index (χ0) is 13.7. The number of aromatic nitrogens is 1. The molecule has 0 unspecified atom stereocenters. The molecule has 2 rings (SSSR count). The Hall–Kier alpha value is -2.09. The van der Waals surface area contributed by atoms with E-state index in [1.807, 2.05) is 36.4 Å². The van der Waals surface area contributed by atoms with Gasteiger partial charge in [0.25, 0.3) is 0 Å². The summed E-state index contributed by atoms with van der Waals surface area (Å²) in [6, 6.07) is 12.8. The van der Waals surface area contributed by atoms with Gasteiger partial charge in [-0.2, -0.15) is 5.26 Å². The Morgan fingerprint density at radius 3 is 2.74 bits per heavy atom. The van der Waals surface area contributed by atoms with E-state index in [2.05, 4.69) is 10.3 Å². The third-order valence-electron chi connectivity index (χ3n) is 2.62. The van der Waals surface area contributed by atoms with E-state index in [1.165, 1.54) is 12.3 Å². The van der Waals surface area contributed by atoms with Crippen molar-refractivity contribution in [1.82, 2.24) is 4.98 Å². The van der Waals surface area contributed by atoms with Crippen LogP contribution in [-0.2, 0) is 0 Å². The van der Waals surface area contributed by atoms with E-state index in [1.54, 1.807) is 0 Å². The summed E-state index contributed by atoms with van der Waals surface area (Å²) in [7, 11) is 0. The quantitative estimate of drug-likeness (QED) is 0.899. The molecule has 1 aromatic carbocycles. The molecule has 1 heterocycles. The Morgan fingerprint density at radius 1 is 1.37 bits per heavy atom. The fourth-order valence-corrected chi connectivity index (χ4v) is 1.85. The lowest BCUT2D eigenvalue weighted by Crippen LogP contribution is -2.13. The zero-order valence-corrected chi connectivity index (χ0v) is 10.8. The second kappa shape index (κ2) is 6.19. The van der Waals surface area contributed by atoms with Gasteiger partial charge >= 0.3 is 0 Å². The maximum Gasteiger partial charge on any atom is 0.144 e. The Balaban J connectivity index is 2.01. The number of pyridine rings is 1. The maximum absolute atomic E-state index is 9.99. The van der Waals surface area contributed by atoms with Crippen LogP contribution >= 0.6 is 11.6 Å². The number of halogens is 1. The molecule has 19 heavy (non-hydrogen) atoms. The van der Waals surface area contributed by atoms with Crippen molar-refractivity contribution in [1.29, 1.82) is 5.26 Å². The number of rotatable bonds is 4. The average Bonchev–Trinajstić information content (AvgIpc) is 2.46. The molecular weight excluding hydrogens is 262 g/mol. The largest absolute Gasteiger partial charge is 0.387 e. The van der Waals surface area contributed by atoms with Crippen molar-refractivity contribution in [3.63, 3.8) is 0 Å². The van der Waals surface area contributed by atoms with Crippen LogP contribution in [0.15, 0.2) is 42.6 Å². The normalized spacial score (nSPS) is 11.6. The molecular formula is C14H12ClN3O. The van der Waals surface area contributed by atoms with E-state index in [9.17, 15) is 5.11 Å². The van der Waals surface area contributed by atoms with Crippen molar-refractivity contribution in [2.75, 3.05) is 11.9 Å². The fourth-order valence-electron chi connectivity index (χ4n) is 1.62. The summed E-state index contributed by atoms with van der Waals surface area (Å²) in [6.45, 7) is 0.294. The van der Waals surface area contributed by atoms with Gasteiger partial charge in [0.05, 0.1) is 16.7 Å². The summed E-state index contributed by atoms with van der Waals surface area (Å²) >= 11 is 5.98. The molecule has 0 amide bonds. The number of hydrogen-bond donors (Lipinski definition) is 2. The highest BCUT2D eigenvalue weighted by Crippen LogP contribution is 2.21. The summed E-state index contributed by atoms with van der Waals surface area (Å²) in [5, 5.41) is 22.0. The van der Waals surface area contributed by atoms with Crippen molar-refractivity contribution >= 4 is 17.4 Å². The van der Waals surface area contributed by atoms with Crippen LogP contribution in [0.25, 0.3) is 0 Å². The number of nitrogens with one attached hydrogen (secondary N) is 1. The van der Waals surface area contributed by atoms with Crippen molar-refractivity contribution in [2.45, 2.75) is 6.10 Å². The number of nitriles is 1. The van der Waals surface area contributed by atoms with E-state index >= 15 is 0 Å². The minimum absolute atomic E-state index is 0.294. The van der Waals surface area contributed by atoms with E-state index in [4.69, 9.17) is 16.9 Å². The molecule has 0 saturated heterocycles. The van der Waals surface area contributed by atoms with Crippen molar-refractivity contribution in [3.05, 3.63) is 58.7 Å². The Morgan fingerprint density at radius 2 is 2.11 bits per heavy atom. The van der Waals surface area contributed by atoms with Gasteiger partial charge in [0.15, 0.2) is 0 Å². The molecule has 2 aromatic rings. The number of nitrogens with zero attached hydrogens (tertiary/aromatic N) is 2. The minimum atomic E-state index is -0.644. The molecule has 0 spiro atoms. The fraction of sp³-hybridized carbons (Fsp3) is 0.143. The first-order valence-corrected chi connectivity index (χ1v) is 6.11. The number of anilines is 1. The lowest BCUT2D eigenvalue weighted by Gasteiger charge is -2.13. The van der Waals surface area contributed by atoms with Crippen molar-refractivity contribution in [3.8, 4) is 6.07 Å². The van der Waals surface area contributed by atoms with Gasteiger partial charge in [-0.25, -0.2) is 4.98 Å². The Kier molecular flexibility index (Phi) is 4.35. The first-order chi connectivity index (χ1) is 9.20. The number of aliphatic hydroxyl groups is 1. The summed E-state index contributed by atoms with van der Waals surface area (Å²) in [4.78, 5) is 4.04. The molecule has 0 aliphatic carbocycles. The van der Waals surface area contributed by atoms with Gasteiger partial charge in [-0.05, 0) is 11.6 Å². The van der Waals surface area contributed by atoms with E-state index < -0.39 is 6.10 Å². The van der Waals surface area contributed by atoms with Gasteiger partial charge in [-0.15, -0.1) is 0 Å². The van der Waals surface area contributed by atoms with Gasteiger partial charge in [-0.3, -0.25) is 0 Å². The molecule has 0 aliphatic rings. The predicted octanol–water partition coefficient (Wildman–Crippen LogP) is 2.75. The lowest BCUT2D eigenvalue weighted by molar-refractivity contribution is 0.191. The maximum atomic E-state index is 9.99. The number of benzene rings is 1. The second-order valence-electron chi connectivity index (χ2n) is 3.97. The van der Waals surface area contributed by atoms with Crippen LogP contribution in [-0.4, -0.2) is 16.6 Å². The molecule has 0 aliphatic heterocycles. The average molecular weight is 274 g/mol. The smallest absolute Gasteiger partial charge is 0.144 e. The number of aliphatic hydroxyl groups excluding tert-OH is 1. The highest BCUT2D eigenvalue weighted by molar-refractivity contribution is 6.33. The third kappa shape index (κ3) is 3.44. The summed E-state index contributed by atoms with van der Waals surface area (Å²) in [5.74, 6) is 0.454. The Bertz CT molecular complexity index is 595. The molecule has 1 atom stereocenters. The van der Waals surface area contributed by atoms with Crippen LogP contribution in [0.5, 0.6) is 0 Å². The predicted molar refractivity (Wildman–Crippen MR) is 73.9 cm³/mol. The summed E-state index contributed by atoms with van der Waals surface area (Å²) in [6.07, 6.45) is 0.790. The van der Waals surface area contributed by atoms with Crippen LogP contribution in [0.4, 0.5) is 5.82 Å². The van der Waals surface area contributed by atoms with Crippen molar-refractivity contribution in [2.24, 2.45) is 0 Å². The lowest BCUT2D eigenvalue weighted by atomic mass is 10.1. The molecule has 2 N–H and O–H groups in total. The summed E-state index contributed by atoms with van der Waals surface area (Å²) in [5.41, 5.74) is 1.22. The minimum Gasteiger partial charge on any atom is -0.387 e. The van der Waals surface area contributed by atoms with Gasteiger partial charge in [0.1, 0.15) is 11.9 Å². The Labute approximate surface area is 116 Å². The first-order valence-electron chi connectivity index (χ1n) is 5.73. The number of hydrogen-bond acceptors (Lipinski definition) is 4. The SMILES string of the molecule is N#Cc1cnc(NC[C@@H](O)c2ccccc2)c(Cl)c1. The van der Waals surface area contributed by atoms with Crippen LogP contribution in [0.1, 0.15) is 17.2 Å². The third-order valence-corrected chi connectivity index (χ3v) is 2.91. The topological polar surface area (TPSA) is 68.9 Å². The van der Waals surface area contributed by atoms with Crippen LogP contribution < -0.4 is 5.32 Å². The van der Waals surface area contributed by atoms with Crippen LogP contribution in [0.3, 0.4) is 0 Å². The van der Waals surface area contributed by atoms with Crippen molar-refractivity contribution < 1.29 is 5.11 Å². The summed E-state index contributed by atoms with van der Waals surface area (Å²) < 4.78 is 0. The van der Waals surface area contributed by atoms with Gasteiger partial charge in [0, 0.05) is 12.7 Å². The zero-order valence-electron chi connectivity index (χ0n) is 10.0. The molecule has 5 heteroatoms. The highest BCUT2D eigenvalue weighted by atomic mass is 35.5. The molecule has 0 radical (unpaired) electrons. The molecule has 0 saturated carbocycles. The van der Waals surface area contributed by atoms with E-state index in [0.717, 1.165) is 5.56 Å². The standard InChI is InChI=1S/C14H12ClN3O/c15-12-6-10(7-16)8-17-14(12)18-9-13(19)11-4-2-1-3-5-11/h1-6,8,13,19H,9H2,(H,17,18)/t13-/m1/s1. The molecule has 0 bridgehead atoms. The van der Waals surface area contributed by atoms with Crippen LogP contribution in [0, 0.1) is 11.3 Å². The van der Waals surface area contributed by atoms with Gasteiger partial charge in [-0.1, -0.05) is 41.9 Å². The van der Waals surface area contributed by atoms with Gasteiger partial charge in [0.2, 0.25) is 0 Å². The van der Waals surface area contributed by atoms with Crippen LogP contribution in [0.2, 0.25) is 5.02 Å². The highest BCUT2D eigenvalue weighted by Gasteiger charge is 2.09. The molecule has 0 fully saturated rings. The molecule has 1 aromatic heterocycles. The van der Waals surface area contributed by atoms with Gasteiger partial charge < -0.3 is 10.4 Å². The molecule has 4 nitrogen and oxygen atoms in total. The second-order valence-corrected chi connectivity index (χ2v) is 4.38. The molecule has 96 valence electrons. The van der Waals surface area contributed by atoms with E-state index in [0.29, 0.717) is 22.9 Å². The monoisotopic (exact) mass is 273 g/mol. The first kappa shape index (κ1) is 13.3. The van der Waals surface area contributed by atoms with E-state index in [-0.39, 0.29) is 0 Å².